The molecule has 0 aliphatic rings. The standard InChI is InChI=1S/C23H20ClN3O4/c24-20-14-18(27(30)31)11-12-19(20)22(28)26-21(13-16-7-3-1-4-8-16)23(29)25-15-17-9-5-2-6-10-17/h1-12,14,21H,13,15H2,(H,25,29)(H,26,28). The summed E-state index contributed by atoms with van der Waals surface area (Å²) >= 11 is 6.07. The van der Waals surface area contributed by atoms with Crippen LogP contribution in [0.1, 0.15) is 21.5 Å². The van der Waals surface area contributed by atoms with E-state index in [4.69, 9.17) is 11.6 Å². The van der Waals surface area contributed by atoms with Gasteiger partial charge in [-0.2, -0.15) is 0 Å². The number of benzene rings is 3. The highest BCUT2D eigenvalue weighted by Crippen LogP contribution is 2.22. The van der Waals surface area contributed by atoms with Crippen molar-refractivity contribution in [3.05, 3.63) is 111 Å². The van der Waals surface area contributed by atoms with Gasteiger partial charge in [0.15, 0.2) is 0 Å². The highest BCUT2D eigenvalue weighted by molar-refractivity contribution is 6.34. The fourth-order valence-corrected chi connectivity index (χ4v) is 3.27. The summed E-state index contributed by atoms with van der Waals surface area (Å²) in [6, 6.07) is 21.4. The third kappa shape index (κ3) is 6.13. The Balaban J connectivity index is 1.76. The molecule has 2 amide bonds. The molecule has 0 saturated heterocycles. The molecule has 0 fully saturated rings. The number of hydrogen-bond acceptors (Lipinski definition) is 4. The molecule has 8 heteroatoms. The van der Waals surface area contributed by atoms with Gasteiger partial charge < -0.3 is 10.6 Å². The van der Waals surface area contributed by atoms with Gasteiger partial charge in [-0.25, -0.2) is 0 Å². The topological polar surface area (TPSA) is 101 Å². The van der Waals surface area contributed by atoms with E-state index < -0.39 is 16.9 Å². The molecule has 0 saturated carbocycles. The van der Waals surface area contributed by atoms with Crippen molar-refractivity contribution in [3.63, 3.8) is 0 Å². The van der Waals surface area contributed by atoms with Crippen LogP contribution in [0.4, 0.5) is 5.69 Å². The summed E-state index contributed by atoms with van der Waals surface area (Å²) in [7, 11) is 0. The van der Waals surface area contributed by atoms with Gasteiger partial charge in [0.2, 0.25) is 5.91 Å². The second kappa shape index (κ2) is 10.4. The Hall–Kier alpha value is -3.71. The molecule has 0 aromatic heterocycles. The van der Waals surface area contributed by atoms with Gasteiger partial charge in [-0.15, -0.1) is 0 Å². The summed E-state index contributed by atoms with van der Waals surface area (Å²) in [5.41, 5.74) is 1.64. The molecule has 158 valence electrons. The lowest BCUT2D eigenvalue weighted by Gasteiger charge is -2.19. The molecule has 3 rings (SSSR count). The van der Waals surface area contributed by atoms with Crippen molar-refractivity contribution in [2.75, 3.05) is 0 Å². The normalized spacial score (nSPS) is 11.4. The van der Waals surface area contributed by atoms with Crippen LogP contribution in [-0.2, 0) is 17.8 Å². The first-order valence-electron chi connectivity index (χ1n) is 9.54. The minimum absolute atomic E-state index is 0.0567. The van der Waals surface area contributed by atoms with Crippen molar-refractivity contribution in [2.45, 2.75) is 19.0 Å². The van der Waals surface area contributed by atoms with Crippen LogP contribution >= 0.6 is 11.6 Å². The van der Waals surface area contributed by atoms with Crippen LogP contribution in [0.2, 0.25) is 5.02 Å². The van der Waals surface area contributed by atoms with Crippen molar-refractivity contribution in [3.8, 4) is 0 Å². The van der Waals surface area contributed by atoms with Gasteiger partial charge in [0, 0.05) is 25.1 Å². The first-order valence-corrected chi connectivity index (χ1v) is 9.92. The monoisotopic (exact) mass is 437 g/mol. The average molecular weight is 438 g/mol. The number of nitro benzene ring substituents is 1. The number of hydrogen-bond donors (Lipinski definition) is 2. The Morgan fingerprint density at radius 3 is 2.13 bits per heavy atom. The second-order valence-corrected chi connectivity index (χ2v) is 7.25. The number of halogens is 1. The first-order chi connectivity index (χ1) is 14.9. The van der Waals surface area contributed by atoms with Crippen molar-refractivity contribution in [1.82, 2.24) is 10.6 Å². The van der Waals surface area contributed by atoms with Gasteiger partial charge in [0.1, 0.15) is 6.04 Å². The first kappa shape index (κ1) is 22.0. The number of carbonyl (C=O) groups excluding carboxylic acids is 2. The smallest absolute Gasteiger partial charge is 0.270 e. The number of non-ortho nitro benzene ring substituents is 1. The van der Waals surface area contributed by atoms with Crippen LogP contribution in [0.25, 0.3) is 0 Å². The Morgan fingerprint density at radius 2 is 1.55 bits per heavy atom. The average Bonchev–Trinajstić information content (AvgIpc) is 2.78. The molecule has 2 N–H and O–H groups in total. The summed E-state index contributed by atoms with van der Waals surface area (Å²) in [4.78, 5) is 35.9. The molecule has 0 aliphatic carbocycles. The zero-order chi connectivity index (χ0) is 22.2. The minimum Gasteiger partial charge on any atom is -0.350 e. The van der Waals surface area contributed by atoms with Gasteiger partial charge >= 0.3 is 0 Å². The molecule has 1 unspecified atom stereocenters. The van der Waals surface area contributed by atoms with E-state index in [-0.39, 0.29) is 28.6 Å². The summed E-state index contributed by atoms with van der Waals surface area (Å²) < 4.78 is 0. The maximum atomic E-state index is 12.9. The summed E-state index contributed by atoms with van der Waals surface area (Å²) in [5.74, 6) is -0.935. The predicted octanol–water partition coefficient (Wildman–Crippen LogP) is 3.91. The van der Waals surface area contributed by atoms with E-state index in [1.165, 1.54) is 12.1 Å². The molecule has 1 atom stereocenters. The quantitative estimate of drug-likeness (QED) is 0.412. The van der Waals surface area contributed by atoms with Gasteiger partial charge in [0.05, 0.1) is 15.5 Å². The fourth-order valence-electron chi connectivity index (χ4n) is 3.01. The van der Waals surface area contributed by atoms with Crippen molar-refractivity contribution >= 4 is 29.1 Å². The largest absolute Gasteiger partial charge is 0.350 e. The Bertz CT molecular complexity index is 1070. The van der Waals surface area contributed by atoms with Crippen LogP contribution in [0.3, 0.4) is 0 Å². The zero-order valence-electron chi connectivity index (χ0n) is 16.5. The van der Waals surface area contributed by atoms with E-state index in [1.807, 2.05) is 60.7 Å². The number of nitrogens with zero attached hydrogens (tertiary/aromatic N) is 1. The highest BCUT2D eigenvalue weighted by Gasteiger charge is 2.23. The van der Waals surface area contributed by atoms with Crippen LogP contribution in [-0.4, -0.2) is 22.8 Å². The number of carbonyl (C=O) groups is 2. The predicted molar refractivity (Wildman–Crippen MR) is 118 cm³/mol. The van der Waals surface area contributed by atoms with Crippen LogP contribution < -0.4 is 10.6 Å². The van der Waals surface area contributed by atoms with Crippen LogP contribution in [0.5, 0.6) is 0 Å². The Labute approximate surface area is 184 Å². The van der Waals surface area contributed by atoms with Crippen molar-refractivity contribution in [1.29, 1.82) is 0 Å². The minimum atomic E-state index is -0.857. The molecule has 0 spiro atoms. The van der Waals surface area contributed by atoms with Crippen LogP contribution in [0, 0.1) is 10.1 Å². The van der Waals surface area contributed by atoms with E-state index in [0.717, 1.165) is 17.2 Å². The molecule has 3 aromatic rings. The fraction of sp³-hybridized carbons (Fsp3) is 0.130. The second-order valence-electron chi connectivity index (χ2n) is 6.84. The van der Waals surface area contributed by atoms with Crippen LogP contribution in [0.15, 0.2) is 78.9 Å². The number of nitrogens with one attached hydrogen (secondary N) is 2. The SMILES string of the molecule is O=C(NC(Cc1ccccc1)C(=O)NCc1ccccc1)c1ccc([N+](=O)[O-])cc1Cl. The van der Waals surface area contributed by atoms with E-state index >= 15 is 0 Å². The third-order valence-electron chi connectivity index (χ3n) is 4.62. The van der Waals surface area contributed by atoms with E-state index in [9.17, 15) is 19.7 Å². The summed E-state index contributed by atoms with van der Waals surface area (Å²) in [6.07, 6.45) is 0.276. The van der Waals surface area contributed by atoms with Crippen molar-refractivity contribution in [2.24, 2.45) is 0 Å². The zero-order valence-corrected chi connectivity index (χ0v) is 17.2. The van der Waals surface area contributed by atoms with E-state index in [2.05, 4.69) is 10.6 Å². The highest BCUT2D eigenvalue weighted by atomic mass is 35.5. The maximum Gasteiger partial charge on any atom is 0.270 e. The van der Waals surface area contributed by atoms with Gasteiger partial charge in [0.25, 0.3) is 11.6 Å². The van der Waals surface area contributed by atoms with E-state index in [0.29, 0.717) is 6.54 Å². The molecule has 31 heavy (non-hydrogen) atoms. The molecule has 0 heterocycles. The number of nitro groups is 1. The number of rotatable bonds is 8. The Kier molecular flexibility index (Phi) is 7.35. The maximum absolute atomic E-state index is 12.9. The third-order valence-corrected chi connectivity index (χ3v) is 4.93. The molecular formula is C23H20ClN3O4. The lowest BCUT2D eigenvalue weighted by atomic mass is 10.0. The van der Waals surface area contributed by atoms with Gasteiger partial charge in [-0.05, 0) is 17.2 Å². The Morgan fingerprint density at radius 1 is 0.935 bits per heavy atom. The molecule has 0 radical (unpaired) electrons. The molecule has 7 nitrogen and oxygen atoms in total. The lowest BCUT2D eigenvalue weighted by molar-refractivity contribution is -0.384. The molecule has 0 aliphatic heterocycles. The van der Waals surface area contributed by atoms with Gasteiger partial charge in [-0.3, -0.25) is 19.7 Å². The molecule has 3 aromatic carbocycles. The van der Waals surface area contributed by atoms with Crippen molar-refractivity contribution < 1.29 is 14.5 Å². The van der Waals surface area contributed by atoms with E-state index in [1.54, 1.807) is 0 Å². The summed E-state index contributed by atoms with van der Waals surface area (Å²) in [5, 5.41) is 16.4. The summed E-state index contributed by atoms with van der Waals surface area (Å²) in [6.45, 7) is 0.319. The van der Waals surface area contributed by atoms with Gasteiger partial charge in [-0.1, -0.05) is 72.3 Å². The molecular weight excluding hydrogens is 418 g/mol. The molecule has 0 bridgehead atoms. The number of amides is 2. The lowest BCUT2D eigenvalue weighted by Crippen LogP contribution is -2.47.